The third-order valence-corrected chi connectivity index (χ3v) is 2.88. The fourth-order valence-electron chi connectivity index (χ4n) is 2.19. The van der Waals surface area contributed by atoms with Crippen molar-refractivity contribution in [3.8, 4) is 0 Å². The van der Waals surface area contributed by atoms with E-state index in [1.54, 1.807) is 6.92 Å². The molecule has 0 aliphatic carbocycles. The van der Waals surface area contributed by atoms with Crippen molar-refractivity contribution in [1.29, 1.82) is 0 Å². The van der Waals surface area contributed by atoms with Crippen molar-refractivity contribution in [2.24, 2.45) is 5.73 Å². The Balaban J connectivity index is 2.43. The van der Waals surface area contributed by atoms with E-state index in [-0.39, 0.29) is 5.91 Å². The molecule has 1 rings (SSSR count). The SMILES string of the molecule is CCN(C(C)=O)C1CCN(CCN)C1. The van der Waals surface area contributed by atoms with Crippen LogP contribution in [0.4, 0.5) is 0 Å². The molecule has 1 amide bonds. The highest BCUT2D eigenvalue weighted by atomic mass is 16.2. The molecule has 2 N–H and O–H groups in total. The minimum Gasteiger partial charge on any atom is -0.339 e. The van der Waals surface area contributed by atoms with E-state index in [4.69, 9.17) is 5.73 Å². The number of carbonyl (C=O) groups excluding carboxylic acids is 1. The van der Waals surface area contributed by atoms with Gasteiger partial charge in [-0.25, -0.2) is 0 Å². The van der Waals surface area contributed by atoms with Crippen molar-refractivity contribution in [3.63, 3.8) is 0 Å². The molecule has 82 valence electrons. The fraction of sp³-hybridized carbons (Fsp3) is 0.900. The van der Waals surface area contributed by atoms with Crippen LogP contribution in [0.5, 0.6) is 0 Å². The zero-order valence-electron chi connectivity index (χ0n) is 9.20. The fourth-order valence-corrected chi connectivity index (χ4v) is 2.19. The Morgan fingerprint density at radius 1 is 1.64 bits per heavy atom. The number of rotatable bonds is 4. The summed E-state index contributed by atoms with van der Waals surface area (Å²) in [4.78, 5) is 15.6. The van der Waals surface area contributed by atoms with Crippen molar-refractivity contribution < 1.29 is 4.79 Å². The maximum Gasteiger partial charge on any atom is 0.219 e. The van der Waals surface area contributed by atoms with Crippen LogP contribution in [-0.2, 0) is 4.79 Å². The molecule has 4 nitrogen and oxygen atoms in total. The summed E-state index contributed by atoms with van der Waals surface area (Å²) in [7, 11) is 0. The highest BCUT2D eigenvalue weighted by Gasteiger charge is 2.27. The van der Waals surface area contributed by atoms with E-state index in [0.29, 0.717) is 12.6 Å². The van der Waals surface area contributed by atoms with Crippen LogP contribution in [-0.4, -0.2) is 54.5 Å². The summed E-state index contributed by atoms with van der Waals surface area (Å²) in [6.07, 6.45) is 1.09. The molecule has 0 spiro atoms. The van der Waals surface area contributed by atoms with Gasteiger partial charge in [-0.1, -0.05) is 0 Å². The van der Waals surface area contributed by atoms with Gasteiger partial charge in [-0.15, -0.1) is 0 Å². The Labute approximate surface area is 86.0 Å². The topological polar surface area (TPSA) is 49.6 Å². The second-order valence-corrected chi connectivity index (χ2v) is 3.84. The molecule has 1 fully saturated rings. The van der Waals surface area contributed by atoms with Crippen LogP contribution in [0.25, 0.3) is 0 Å². The van der Waals surface area contributed by atoms with E-state index in [1.165, 1.54) is 0 Å². The van der Waals surface area contributed by atoms with Gasteiger partial charge in [0.2, 0.25) is 5.91 Å². The summed E-state index contributed by atoms with van der Waals surface area (Å²) in [5.41, 5.74) is 5.50. The molecule has 4 heteroatoms. The molecule has 1 unspecified atom stereocenters. The van der Waals surface area contributed by atoms with Gasteiger partial charge in [-0.05, 0) is 13.3 Å². The summed E-state index contributed by atoms with van der Waals surface area (Å²) >= 11 is 0. The van der Waals surface area contributed by atoms with Gasteiger partial charge >= 0.3 is 0 Å². The predicted molar refractivity (Wildman–Crippen MR) is 57.0 cm³/mol. The van der Waals surface area contributed by atoms with Crippen LogP contribution >= 0.6 is 0 Å². The van der Waals surface area contributed by atoms with E-state index in [9.17, 15) is 4.79 Å². The standard InChI is InChI=1S/C10H21N3O/c1-3-13(9(2)14)10-4-6-12(8-10)7-5-11/h10H,3-8,11H2,1-2H3. The van der Waals surface area contributed by atoms with Crippen LogP contribution in [0.1, 0.15) is 20.3 Å². The van der Waals surface area contributed by atoms with Gasteiger partial charge in [0.15, 0.2) is 0 Å². The van der Waals surface area contributed by atoms with Gasteiger partial charge in [0, 0.05) is 45.7 Å². The van der Waals surface area contributed by atoms with Crippen molar-refractivity contribution in [2.75, 3.05) is 32.7 Å². The monoisotopic (exact) mass is 199 g/mol. The van der Waals surface area contributed by atoms with Crippen molar-refractivity contribution >= 4 is 5.91 Å². The Morgan fingerprint density at radius 3 is 2.86 bits per heavy atom. The van der Waals surface area contributed by atoms with E-state index in [2.05, 4.69) is 4.90 Å². The molecule has 1 heterocycles. The maximum absolute atomic E-state index is 11.3. The third-order valence-electron chi connectivity index (χ3n) is 2.88. The van der Waals surface area contributed by atoms with Gasteiger partial charge < -0.3 is 10.6 Å². The minimum absolute atomic E-state index is 0.187. The number of hydrogen-bond acceptors (Lipinski definition) is 3. The maximum atomic E-state index is 11.3. The molecule has 0 aromatic carbocycles. The number of nitrogens with zero attached hydrogens (tertiary/aromatic N) is 2. The molecule has 1 saturated heterocycles. The molecular formula is C10H21N3O. The molecule has 0 aromatic heterocycles. The average molecular weight is 199 g/mol. The van der Waals surface area contributed by atoms with E-state index < -0.39 is 0 Å². The number of amides is 1. The molecule has 0 aromatic rings. The van der Waals surface area contributed by atoms with Gasteiger partial charge in [0.25, 0.3) is 0 Å². The smallest absolute Gasteiger partial charge is 0.219 e. The number of likely N-dealkylation sites (N-methyl/N-ethyl adjacent to an activating group) is 1. The van der Waals surface area contributed by atoms with Crippen molar-refractivity contribution in [1.82, 2.24) is 9.80 Å². The first-order valence-electron chi connectivity index (χ1n) is 5.38. The third kappa shape index (κ3) is 2.69. The second-order valence-electron chi connectivity index (χ2n) is 3.84. The molecule has 1 aliphatic heterocycles. The molecule has 0 bridgehead atoms. The van der Waals surface area contributed by atoms with E-state index >= 15 is 0 Å². The van der Waals surface area contributed by atoms with E-state index in [0.717, 1.165) is 32.6 Å². The van der Waals surface area contributed by atoms with Crippen LogP contribution in [0.3, 0.4) is 0 Å². The molecule has 0 saturated carbocycles. The van der Waals surface area contributed by atoms with Gasteiger partial charge in [-0.2, -0.15) is 0 Å². The summed E-state index contributed by atoms with van der Waals surface area (Å²) in [6.45, 7) is 8.22. The first kappa shape index (κ1) is 11.5. The normalized spacial score (nSPS) is 22.6. The first-order chi connectivity index (χ1) is 6.69. The van der Waals surface area contributed by atoms with Crippen LogP contribution < -0.4 is 5.73 Å². The highest BCUT2D eigenvalue weighted by molar-refractivity contribution is 5.73. The van der Waals surface area contributed by atoms with Crippen molar-refractivity contribution in [2.45, 2.75) is 26.3 Å². The zero-order chi connectivity index (χ0) is 10.6. The largest absolute Gasteiger partial charge is 0.339 e. The second kappa shape index (κ2) is 5.32. The van der Waals surface area contributed by atoms with Gasteiger partial charge in [0.05, 0.1) is 0 Å². The predicted octanol–water partition coefficient (Wildman–Crippen LogP) is -0.112. The zero-order valence-corrected chi connectivity index (χ0v) is 9.20. The lowest BCUT2D eigenvalue weighted by atomic mass is 10.2. The van der Waals surface area contributed by atoms with Crippen molar-refractivity contribution in [3.05, 3.63) is 0 Å². The Bertz CT molecular complexity index is 196. The lowest BCUT2D eigenvalue weighted by Gasteiger charge is -2.26. The lowest BCUT2D eigenvalue weighted by Crippen LogP contribution is -2.41. The molecule has 0 radical (unpaired) electrons. The summed E-state index contributed by atoms with van der Waals surface area (Å²) in [6, 6.07) is 0.407. The quantitative estimate of drug-likeness (QED) is 0.687. The van der Waals surface area contributed by atoms with Gasteiger partial charge in [-0.3, -0.25) is 9.69 Å². The lowest BCUT2D eigenvalue weighted by molar-refractivity contribution is -0.130. The van der Waals surface area contributed by atoms with Crippen LogP contribution in [0, 0.1) is 0 Å². The van der Waals surface area contributed by atoms with E-state index in [1.807, 2.05) is 11.8 Å². The molecule has 1 aliphatic rings. The van der Waals surface area contributed by atoms with Crippen LogP contribution in [0.15, 0.2) is 0 Å². The molecule has 14 heavy (non-hydrogen) atoms. The number of hydrogen-bond donors (Lipinski definition) is 1. The minimum atomic E-state index is 0.187. The Hall–Kier alpha value is -0.610. The number of likely N-dealkylation sites (tertiary alicyclic amines) is 1. The Kier molecular flexibility index (Phi) is 4.35. The van der Waals surface area contributed by atoms with Gasteiger partial charge in [0.1, 0.15) is 0 Å². The first-order valence-corrected chi connectivity index (χ1v) is 5.38. The molecule has 1 atom stereocenters. The Morgan fingerprint density at radius 2 is 2.36 bits per heavy atom. The van der Waals surface area contributed by atoms with Crippen LogP contribution in [0.2, 0.25) is 0 Å². The summed E-state index contributed by atoms with van der Waals surface area (Å²) in [5, 5.41) is 0. The summed E-state index contributed by atoms with van der Waals surface area (Å²) < 4.78 is 0. The average Bonchev–Trinajstić information content (AvgIpc) is 2.54. The molecular weight excluding hydrogens is 178 g/mol. The number of nitrogens with two attached hydrogens (primary N) is 1. The number of carbonyl (C=O) groups is 1. The highest BCUT2D eigenvalue weighted by Crippen LogP contribution is 2.14. The summed E-state index contributed by atoms with van der Waals surface area (Å²) in [5.74, 6) is 0.187.